The first kappa shape index (κ1) is 19.7. The van der Waals surface area contributed by atoms with E-state index in [1.165, 1.54) is 22.9 Å². The predicted molar refractivity (Wildman–Crippen MR) is 123 cm³/mol. The van der Waals surface area contributed by atoms with Crippen molar-refractivity contribution in [1.29, 1.82) is 0 Å². The lowest BCUT2D eigenvalue weighted by Gasteiger charge is -2.16. The molecule has 146 valence electrons. The Morgan fingerprint density at radius 3 is 2.59 bits per heavy atom. The number of halogens is 1. The molecule has 2 aliphatic rings. The number of aliphatic imine (C=N–C) groups is 1. The summed E-state index contributed by atoms with van der Waals surface area (Å²) in [5, 5.41) is 1.44. The summed E-state index contributed by atoms with van der Waals surface area (Å²) in [6, 6.07) is 15.9. The molecule has 0 aromatic heterocycles. The van der Waals surface area contributed by atoms with E-state index in [4.69, 9.17) is 11.6 Å². The molecular weight excluding hydrogens is 400 g/mol. The topological polar surface area (TPSA) is 32.7 Å². The van der Waals surface area contributed by atoms with Crippen LogP contribution in [0.4, 0.5) is 5.69 Å². The Labute approximate surface area is 180 Å². The fourth-order valence-electron chi connectivity index (χ4n) is 3.29. The van der Waals surface area contributed by atoms with Gasteiger partial charge in [-0.15, -0.1) is 0 Å². The van der Waals surface area contributed by atoms with Crippen LogP contribution in [0, 0.1) is 12.8 Å². The van der Waals surface area contributed by atoms with Crippen LogP contribution >= 0.6 is 23.4 Å². The number of hydrogen-bond acceptors (Lipinski definition) is 3. The largest absolute Gasteiger partial charge is 0.290 e. The number of aryl methyl sites for hydroxylation is 1. The number of carbonyl (C=O) groups excluding carboxylic acids is 1. The van der Waals surface area contributed by atoms with Crippen LogP contribution < -0.4 is 0 Å². The van der Waals surface area contributed by atoms with Gasteiger partial charge in [0.25, 0.3) is 5.91 Å². The van der Waals surface area contributed by atoms with E-state index in [1.807, 2.05) is 55.5 Å². The molecule has 1 fully saturated rings. The van der Waals surface area contributed by atoms with Gasteiger partial charge in [-0.3, -0.25) is 9.69 Å². The van der Waals surface area contributed by atoms with E-state index in [-0.39, 0.29) is 11.8 Å². The minimum atomic E-state index is -0.00291. The van der Waals surface area contributed by atoms with Gasteiger partial charge in [-0.25, -0.2) is 4.99 Å². The standard InChI is InChI=1S/C24H21ClN2OS/c1-16-6-12-21(13-7-16)26-24-27(2)23(28)22(29-24)15-17-4-3-5-19(14-17)18-8-10-20(25)11-9-18/h3-13,15,17H,14H2,1-2H3/b22-15-,26-24+. The highest BCUT2D eigenvalue weighted by molar-refractivity contribution is 8.18. The van der Waals surface area contributed by atoms with Crippen LogP contribution in [0.5, 0.6) is 0 Å². The van der Waals surface area contributed by atoms with Gasteiger partial charge in [0.05, 0.1) is 10.6 Å². The number of likely N-dealkylation sites (N-methyl/N-ethyl adjacent to an activating group) is 1. The first-order valence-corrected chi connectivity index (χ1v) is 10.7. The lowest BCUT2D eigenvalue weighted by atomic mass is 9.89. The van der Waals surface area contributed by atoms with Crippen molar-refractivity contribution in [3.63, 3.8) is 0 Å². The molecule has 1 aliphatic carbocycles. The van der Waals surface area contributed by atoms with Crippen molar-refractivity contribution >= 4 is 45.7 Å². The Morgan fingerprint density at radius 2 is 1.86 bits per heavy atom. The van der Waals surface area contributed by atoms with Gasteiger partial charge in [0, 0.05) is 18.0 Å². The molecule has 0 radical (unpaired) electrons. The van der Waals surface area contributed by atoms with Gasteiger partial charge in [-0.1, -0.05) is 65.7 Å². The molecule has 0 saturated carbocycles. The number of rotatable bonds is 3. The minimum Gasteiger partial charge on any atom is -0.290 e. The highest BCUT2D eigenvalue weighted by Gasteiger charge is 2.31. The number of allylic oxidation sites excluding steroid dienone is 5. The van der Waals surface area contributed by atoms with Gasteiger partial charge in [0.1, 0.15) is 0 Å². The molecule has 5 heteroatoms. The zero-order valence-electron chi connectivity index (χ0n) is 16.3. The summed E-state index contributed by atoms with van der Waals surface area (Å²) in [5.41, 5.74) is 4.44. The smallest absolute Gasteiger partial charge is 0.266 e. The molecule has 1 amide bonds. The van der Waals surface area contributed by atoms with E-state index in [2.05, 4.69) is 29.3 Å². The third kappa shape index (κ3) is 4.55. The molecule has 1 heterocycles. The Bertz CT molecular complexity index is 1050. The van der Waals surface area contributed by atoms with Gasteiger partial charge < -0.3 is 0 Å². The lowest BCUT2D eigenvalue weighted by Crippen LogP contribution is -2.23. The number of nitrogens with zero attached hydrogens (tertiary/aromatic N) is 2. The average molecular weight is 421 g/mol. The lowest BCUT2D eigenvalue weighted by molar-refractivity contribution is -0.121. The van der Waals surface area contributed by atoms with Gasteiger partial charge in [0.2, 0.25) is 0 Å². The molecular formula is C24H21ClN2OS. The molecule has 0 spiro atoms. The van der Waals surface area contributed by atoms with Crippen LogP contribution in [0.3, 0.4) is 0 Å². The fourth-order valence-corrected chi connectivity index (χ4v) is 4.45. The Balaban J connectivity index is 1.51. The first-order valence-electron chi connectivity index (χ1n) is 9.46. The van der Waals surface area contributed by atoms with E-state index >= 15 is 0 Å². The van der Waals surface area contributed by atoms with Crippen molar-refractivity contribution in [2.24, 2.45) is 10.9 Å². The predicted octanol–water partition coefficient (Wildman–Crippen LogP) is 6.38. The Kier molecular flexibility index (Phi) is 5.74. The van der Waals surface area contributed by atoms with E-state index in [9.17, 15) is 4.79 Å². The zero-order valence-corrected chi connectivity index (χ0v) is 17.9. The molecule has 1 unspecified atom stereocenters. The number of amidine groups is 1. The second-order valence-electron chi connectivity index (χ2n) is 7.18. The molecule has 1 atom stereocenters. The normalized spacial score (nSPS) is 21.9. The summed E-state index contributed by atoms with van der Waals surface area (Å²) < 4.78 is 0. The van der Waals surface area contributed by atoms with Gasteiger partial charge in [-0.05, 0) is 60.5 Å². The van der Waals surface area contributed by atoms with Crippen molar-refractivity contribution in [3.05, 3.63) is 93.9 Å². The van der Waals surface area contributed by atoms with Gasteiger partial charge in [-0.2, -0.15) is 0 Å². The van der Waals surface area contributed by atoms with Crippen molar-refractivity contribution in [2.75, 3.05) is 7.05 Å². The number of carbonyl (C=O) groups is 1. The van der Waals surface area contributed by atoms with Crippen LogP contribution in [0.15, 0.2) is 82.7 Å². The maximum absolute atomic E-state index is 12.7. The number of benzene rings is 2. The number of hydrogen-bond donors (Lipinski definition) is 0. The van der Waals surface area contributed by atoms with Crippen LogP contribution in [-0.2, 0) is 4.79 Å². The summed E-state index contributed by atoms with van der Waals surface area (Å²) in [5.74, 6) is 0.168. The van der Waals surface area contributed by atoms with Crippen molar-refractivity contribution in [2.45, 2.75) is 13.3 Å². The van der Waals surface area contributed by atoms with Crippen LogP contribution in [0.2, 0.25) is 5.02 Å². The van der Waals surface area contributed by atoms with E-state index in [0.29, 0.717) is 5.17 Å². The Hall–Kier alpha value is -2.56. The molecule has 0 N–H and O–H groups in total. The molecule has 1 saturated heterocycles. The summed E-state index contributed by atoms with van der Waals surface area (Å²) in [4.78, 5) is 19.7. The van der Waals surface area contributed by atoms with Crippen LogP contribution in [0.25, 0.3) is 5.57 Å². The van der Waals surface area contributed by atoms with Crippen LogP contribution in [-0.4, -0.2) is 23.0 Å². The summed E-state index contributed by atoms with van der Waals surface area (Å²) in [6.45, 7) is 2.04. The second kappa shape index (κ2) is 8.44. The first-order chi connectivity index (χ1) is 14.0. The highest BCUT2D eigenvalue weighted by atomic mass is 35.5. The zero-order chi connectivity index (χ0) is 20.4. The second-order valence-corrected chi connectivity index (χ2v) is 8.62. The quantitative estimate of drug-likeness (QED) is 0.539. The van der Waals surface area contributed by atoms with Crippen molar-refractivity contribution < 1.29 is 4.79 Å². The summed E-state index contributed by atoms with van der Waals surface area (Å²) >= 11 is 7.44. The SMILES string of the molecule is Cc1ccc(/N=C2/S/C(=C\C3C=CC=C(c4ccc(Cl)cc4)C3)C(=O)N2C)cc1. The third-order valence-corrected chi connectivity index (χ3v) is 6.28. The summed E-state index contributed by atoms with van der Waals surface area (Å²) in [7, 11) is 1.78. The maximum Gasteiger partial charge on any atom is 0.266 e. The summed E-state index contributed by atoms with van der Waals surface area (Å²) in [6.07, 6.45) is 9.22. The monoisotopic (exact) mass is 420 g/mol. The van der Waals surface area contributed by atoms with E-state index < -0.39 is 0 Å². The third-order valence-electron chi connectivity index (χ3n) is 4.95. The molecule has 2 aromatic carbocycles. The molecule has 0 bridgehead atoms. The van der Waals surface area contributed by atoms with Crippen molar-refractivity contribution in [1.82, 2.24) is 4.90 Å². The molecule has 2 aromatic rings. The Morgan fingerprint density at radius 1 is 1.14 bits per heavy atom. The molecule has 4 rings (SSSR count). The van der Waals surface area contributed by atoms with Crippen LogP contribution in [0.1, 0.15) is 17.5 Å². The maximum atomic E-state index is 12.7. The fraction of sp³-hybridized carbons (Fsp3) is 0.167. The number of thioether (sulfide) groups is 1. The van der Waals surface area contributed by atoms with Gasteiger partial charge in [0.15, 0.2) is 5.17 Å². The molecule has 1 aliphatic heterocycles. The van der Waals surface area contributed by atoms with E-state index in [1.54, 1.807) is 11.9 Å². The van der Waals surface area contributed by atoms with Crippen molar-refractivity contribution in [3.8, 4) is 0 Å². The average Bonchev–Trinajstić information content (AvgIpc) is 2.98. The molecule has 3 nitrogen and oxygen atoms in total. The minimum absolute atomic E-state index is 0.00291. The van der Waals surface area contributed by atoms with Gasteiger partial charge >= 0.3 is 0 Å². The molecule has 29 heavy (non-hydrogen) atoms. The van der Waals surface area contributed by atoms with E-state index in [0.717, 1.165) is 27.6 Å². The highest BCUT2D eigenvalue weighted by Crippen LogP contribution is 2.35. The number of amides is 1.